The van der Waals surface area contributed by atoms with Gasteiger partial charge in [0.05, 0.1) is 30.8 Å². The number of aryl methyl sites for hydroxylation is 4. The Kier molecular flexibility index (Phi) is 23.2. The van der Waals surface area contributed by atoms with Crippen LogP contribution in [0.1, 0.15) is 148 Å². The van der Waals surface area contributed by atoms with E-state index in [1.54, 1.807) is 41.2 Å². The van der Waals surface area contributed by atoms with Gasteiger partial charge in [-0.1, -0.05) is 102 Å². The van der Waals surface area contributed by atoms with Gasteiger partial charge in [-0.3, -0.25) is 40.7 Å². The van der Waals surface area contributed by atoms with Crippen LogP contribution >= 0.6 is 12.4 Å². The number of rotatable bonds is 12. The van der Waals surface area contributed by atoms with E-state index in [2.05, 4.69) is 21.8 Å². The summed E-state index contributed by atoms with van der Waals surface area (Å²) in [6.07, 6.45) is 4.91. The number of hydrazine groups is 3. The van der Waals surface area contributed by atoms with Crippen molar-refractivity contribution in [3.63, 3.8) is 0 Å². The Morgan fingerprint density at radius 1 is 0.707 bits per heavy atom. The molecule has 4 amide bonds. The molecule has 1 aliphatic rings. The summed E-state index contributed by atoms with van der Waals surface area (Å²) in [6.45, 7) is 23.5. The zero-order valence-corrected chi connectivity index (χ0v) is 47.4. The van der Waals surface area contributed by atoms with Crippen molar-refractivity contribution in [2.75, 3.05) is 12.5 Å². The van der Waals surface area contributed by atoms with Crippen LogP contribution in [0.3, 0.4) is 0 Å². The molecule has 4 aromatic rings. The molecule has 0 saturated heterocycles. The first kappa shape index (κ1) is 65.1. The topological polar surface area (TPSA) is 299 Å². The summed E-state index contributed by atoms with van der Waals surface area (Å²) < 4.78 is 44.0. The van der Waals surface area contributed by atoms with Crippen molar-refractivity contribution in [3.8, 4) is 0 Å². The number of hydrogen-bond donors (Lipinski definition) is 7. The van der Waals surface area contributed by atoms with Gasteiger partial charge in [0.1, 0.15) is 6.29 Å². The molecule has 20 nitrogen and oxygen atoms in total. The standard InChI is InChI=1S/C25H33BN4O5S.C24H31BN2O5.CH6N2O2S.ClH/c1-8-22(25(4,5)6)29(24(32)20-12-16(2)11-17(3)13-20)28-23(31)18-9-10-19-15-27-30(36(7,34)35)26(33)21(19)14-18;1-7-21(24(4,5)6)27(23(30)19-11-15(2)10-16(3)12-19)26-22(29)17-8-9-18(14-28)20(13-17)25(31)32;1-6(4,5)3-2;/h9-15,22,33H,8H2,1-7H3,(H,28,31);8-14,21,31-32H,7H2,1-6H3,(H,26,29);3H,2H2,1H3;1H/t22-;21-;;/m11../s1. The maximum Gasteiger partial charge on any atom is 0.489 e. The minimum atomic E-state index is -3.82. The molecule has 8 N–H and O–H groups in total. The summed E-state index contributed by atoms with van der Waals surface area (Å²) in [6, 6.07) is 19.0. The highest BCUT2D eigenvalue weighted by molar-refractivity contribution is 7.89. The normalized spacial score (nSPS) is 13.0. The lowest BCUT2D eigenvalue weighted by Gasteiger charge is -2.39. The Balaban J connectivity index is 0.000000460. The highest BCUT2D eigenvalue weighted by atomic mass is 35.5. The molecule has 1 aliphatic heterocycles. The number of hydrazone groups is 1. The van der Waals surface area contributed by atoms with Gasteiger partial charge in [0.15, 0.2) is 0 Å². The number of fused-ring (bicyclic) bond motifs is 1. The zero-order chi connectivity index (χ0) is 56.4. The molecule has 5 rings (SSSR count). The third-order valence-electron chi connectivity index (χ3n) is 11.7. The number of halogens is 1. The van der Waals surface area contributed by atoms with E-state index < -0.39 is 46.0 Å². The molecule has 1 heterocycles. The second-order valence-corrected chi connectivity index (χ2v) is 23.9. The predicted octanol–water partition coefficient (Wildman–Crippen LogP) is 3.45. The fourth-order valence-corrected chi connectivity index (χ4v) is 9.09. The average Bonchev–Trinajstić information content (AvgIpc) is 3.28. The molecule has 0 fully saturated rings. The second-order valence-electron chi connectivity index (χ2n) is 20.3. The van der Waals surface area contributed by atoms with Gasteiger partial charge in [-0.2, -0.15) is 9.93 Å². The average molecular weight is 1100 g/mol. The molecule has 408 valence electrons. The molecule has 0 radical (unpaired) electrons. The largest absolute Gasteiger partial charge is 0.489 e. The molecule has 0 saturated carbocycles. The number of nitrogens with one attached hydrogen (secondary N) is 3. The Morgan fingerprint density at radius 2 is 1.09 bits per heavy atom. The minimum absolute atomic E-state index is 0. The summed E-state index contributed by atoms with van der Waals surface area (Å²) in [5, 5.41) is 36.2. The Morgan fingerprint density at radius 3 is 1.43 bits per heavy atom. The van der Waals surface area contributed by atoms with Crippen LogP contribution in [0.15, 0.2) is 77.9 Å². The van der Waals surface area contributed by atoms with Crippen molar-refractivity contribution in [2.45, 2.75) is 108 Å². The van der Waals surface area contributed by atoms with E-state index in [1.807, 2.05) is 95.2 Å². The van der Waals surface area contributed by atoms with Crippen LogP contribution in [0.4, 0.5) is 0 Å². The number of nitrogens with zero attached hydrogens (tertiary/aromatic N) is 4. The molecule has 2 atom stereocenters. The fraction of sp³-hybridized carbons (Fsp3) is 0.400. The smallest absolute Gasteiger partial charge is 0.427 e. The van der Waals surface area contributed by atoms with E-state index in [0.717, 1.165) is 34.8 Å². The van der Waals surface area contributed by atoms with E-state index >= 15 is 0 Å². The Bertz CT molecular complexity index is 2950. The molecule has 0 bridgehead atoms. The monoisotopic (exact) mass is 1100 g/mol. The number of aldehydes is 1. The molecule has 0 unspecified atom stereocenters. The first-order valence-electron chi connectivity index (χ1n) is 23.5. The summed E-state index contributed by atoms with van der Waals surface area (Å²) in [7, 11) is -10.4. The van der Waals surface area contributed by atoms with Gasteiger partial charge in [-0.15, -0.1) is 12.4 Å². The van der Waals surface area contributed by atoms with E-state index in [0.29, 0.717) is 40.1 Å². The lowest BCUT2D eigenvalue weighted by Crippen LogP contribution is -2.56. The van der Waals surface area contributed by atoms with Gasteiger partial charge in [0, 0.05) is 27.8 Å². The quantitative estimate of drug-likeness (QED) is 0.0464. The van der Waals surface area contributed by atoms with E-state index in [9.17, 15) is 55.9 Å². The summed E-state index contributed by atoms with van der Waals surface area (Å²) >= 11 is 0. The number of carbonyl (C=O) groups is 5. The van der Waals surface area contributed by atoms with Crippen molar-refractivity contribution in [1.82, 2.24) is 30.0 Å². The second kappa shape index (κ2) is 26.7. The summed E-state index contributed by atoms with van der Waals surface area (Å²) in [5.74, 6) is 2.66. The van der Waals surface area contributed by atoms with Crippen molar-refractivity contribution < 1.29 is 55.9 Å². The van der Waals surface area contributed by atoms with Crippen molar-refractivity contribution in [3.05, 3.63) is 128 Å². The van der Waals surface area contributed by atoms with Crippen LogP contribution in [0, 0.1) is 38.5 Å². The first-order valence-corrected chi connectivity index (χ1v) is 27.3. The van der Waals surface area contributed by atoms with Gasteiger partial charge in [0.25, 0.3) is 23.6 Å². The van der Waals surface area contributed by atoms with Crippen LogP contribution in [0.2, 0.25) is 0 Å². The van der Waals surface area contributed by atoms with E-state index in [-0.39, 0.29) is 74.8 Å². The molecule has 4 aromatic carbocycles. The highest BCUT2D eigenvalue weighted by Gasteiger charge is 2.38. The maximum absolute atomic E-state index is 13.7. The lowest BCUT2D eigenvalue weighted by molar-refractivity contribution is 0.0284. The molecular formula is C50H71B2ClN8O12S2. The van der Waals surface area contributed by atoms with Gasteiger partial charge < -0.3 is 15.1 Å². The molecule has 0 spiro atoms. The van der Waals surface area contributed by atoms with Crippen LogP contribution in [-0.2, 0) is 20.0 Å². The van der Waals surface area contributed by atoms with Crippen LogP contribution in [0.25, 0.3) is 0 Å². The van der Waals surface area contributed by atoms with Crippen molar-refractivity contribution in [2.24, 2.45) is 21.8 Å². The number of amides is 4. The van der Waals surface area contributed by atoms with Crippen LogP contribution in [0.5, 0.6) is 0 Å². The predicted molar refractivity (Wildman–Crippen MR) is 296 cm³/mol. The van der Waals surface area contributed by atoms with Gasteiger partial charge in [0.2, 0.25) is 20.0 Å². The van der Waals surface area contributed by atoms with E-state index in [1.165, 1.54) is 40.5 Å². The number of sulfonamides is 2. The number of benzene rings is 4. The Labute approximate surface area is 448 Å². The van der Waals surface area contributed by atoms with Crippen LogP contribution in [-0.4, -0.2) is 121 Å². The third kappa shape index (κ3) is 18.1. The molecule has 75 heavy (non-hydrogen) atoms. The summed E-state index contributed by atoms with van der Waals surface area (Å²) in [4.78, 5) is 66.4. The Hall–Kier alpha value is -5.98. The molecule has 25 heteroatoms. The molecule has 0 aliphatic carbocycles. The van der Waals surface area contributed by atoms with Crippen LogP contribution < -0.4 is 32.5 Å². The lowest BCUT2D eigenvalue weighted by atomic mass is 9.71. The van der Waals surface area contributed by atoms with Crippen molar-refractivity contribution in [1.29, 1.82) is 0 Å². The van der Waals surface area contributed by atoms with Crippen molar-refractivity contribution >= 4 is 93.7 Å². The third-order valence-corrected chi connectivity index (χ3v) is 13.1. The van der Waals surface area contributed by atoms with E-state index in [4.69, 9.17) is 0 Å². The van der Waals surface area contributed by atoms with Gasteiger partial charge in [-0.05, 0) is 116 Å². The van der Waals surface area contributed by atoms with Gasteiger partial charge in [-0.25, -0.2) is 31.2 Å². The minimum Gasteiger partial charge on any atom is -0.427 e. The highest BCUT2D eigenvalue weighted by Crippen LogP contribution is 2.29. The summed E-state index contributed by atoms with van der Waals surface area (Å²) in [5.41, 5.74) is 10.5. The number of hydrogen-bond acceptors (Lipinski definition) is 14. The van der Waals surface area contributed by atoms with Gasteiger partial charge >= 0.3 is 14.2 Å². The molecular weight excluding hydrogens is 1030 g/mol. The molecule has 0 aromatic heterocycles. The maximum atomic E-state index is 13.7. The SMILES string of the molecule is CC[C@@H](N(NC(=O)c1ccc(C=O)c(B(O)O)c1)C(=O)c1cc(C)cc(C)c1)C(C)(C)C.CC[C@@H](N(NC(=O)c1ccc2c(c1)B(O)N(S(C)(=O)=O)N=C2)C(=O)c1cc(C)cc(C)c1)C(C)(C)C.CS(=O)(=O)NN.Cl. The zero-order valence-electron chi connectivity index (χ0n) is 44.9. The fourth-order valence-electron chi connectivity index (χ4n) is 8.40. The number of nitrogens with two attached hydrogens (primary N) is 1. The number of carbonyl (C=O) groups excluding carboxylic acids is 5. The first-order chi connectivity index (χ1) is 34.1.